The van der Waals surface area contributed by atoms with E-state index < -0.39 is 0 Å². The highest BCUT2D eigenvalue weighted by Crippen LogP contribution is 2.23. The van der Waals surface area contributed by atoms with Gasteiger partial charge < -0.3 is 10.6 Å². The van der Waals surface area contributed by atoms with E-state index in [0.717, 1.165) is 11.3 Å². The van der Waals surface area contributed by atoms with Crippen LogP contribution in [0.1, 0.15) is 6.92 Å². The van der Waals surface area contributed by atoms with E-state index in [1.807, 2.05) is 25.1 Å². The normalized spacial score (nSPS) is 10.3. The fourth-order valence-electron chi connectivity index (χ4n) is 2.13. The summed E-state index contributed by atoms with van der Waals surface area (Å²) >= 11 is 0. The molecule has 2 aromatic heterocycles. The Kier molecular flexibility index (Phi) is 4.42. The van der Waals surface area contributed by atoms with Crippen molar-refractivity contribution in [2.45, 2.75) is 6.92 Å². The van der Waals surface area contributed by atoms with Crippen LogP contribution < -0.4 is 10.6 Å². The lowest BCUT2D eigenvalue weighted by Crippen LogP contribution is -2.05. The van der Waals surface area contributed by atoms with E-state index in [1.54, 1.807) is 24.5 Å². The molecule has 1 aromatic carbocycles. The Bertz CT molecular complexity index is 792. The zero-order valence-corrected chi connectivity index (χ0v) is 12.6. The lowest BCUT2D eigenvalue weighted by molar-refractivity contribution is 0.628. The van der Waals surface area contributed by atoms with E-state index in [2.05, 4.69) is 25.6 Å². The number of anilines is 3. The van der Waals surface area contributed by atoms with Gasteiger partial charge in [-0.15, -0.1) is 0 Å². The number of benzene rings is 1. The van der Waals surface area contributed by atoms with E-state index in [4.69, 9.17) is 0 Å². The molecule has 0 aliphatic carbocycles. The van der Waals surface area contributed by atoms with Crippen LogP contribution in [-0.4, -0.2) is 21.5 Å². The minimum absolute atomic E-state index is 0.301. The van der Waals surface area contributed by atoms with Gasteiger partial charge in [-0.2, -0.15) is 4.98 Å². The molecule has 0 unspecified atom stereocenters. The molecule has 5 nitrogen and oxygen atoms in total. The molecule has 0 atom stereocenters. The van der Waals surface area contributed by atoms with Crippen molar-refractivity contribution in [2.24, 2.45) is 0 Å². The Balaban J connectivity index is 1.97. The Morgan fingerprint density at radius 2 is 1.87 bits per heavy atom. The van der Waals surface area contributed by atoms with Crippen LogP contribution in [0.15, 0.2) is 54.9 Å². The Labute approximate surface area is 133 Å². The van der Waals surface area contributed by atoms with E-state index in [9.17, 15) is 4.39 Å². The highest BCUT2D eigenvalue weighted by molar-refractivity contribution is 5.67. The van der Waals surface area contributed by atoms with Gasteiger partial charge in [-0.3, -0.25) is 4.98 Å². The summed E-state index contributed by atoms with van der Waals surface area (Å²) < 4.78 is 13.3. The fourth-order valence-corrected chi connectivity index (χ4v) is 2.13. The maximum absolute atomic E-state index is 13.3. The number of nitrogens with one attached hydrogen (secondary N) is 2. The van der Waals surface area contributed by atoms with Gasteiger partial charge in [0.15, 0.2) is 0 Å². The molecular weight excluding hydrogens is 293 g/mol. The zero-order chi connectivity index (χ0) is 16.1. The molecule has 3 aromatic rings. The standard InChI is InChI=1S/C17H16FN5/c1-2-20-17-22-15(12-6-8-19-9-7-12)11-16(23-17)21-14-5-3-4-13(18)10-14/h3-11H,2H2,1H3,(H2,20,21,22,23). The second-order valence-corrected chi connectivity index (χ2v) is 4.86. The summed E-state index contributed by atoms with van der Waals surface area (Å²) in [4.78, 5) is 12.9. The largest absolute Gasteiger partial charge is 0.354 e. The van der Waals surface area contributed by atoms with E-state index in [-0.39, 0.29) is 5.82 Å². The van der Waals surface area contributed by atoms with Crippen molar-refractivity contribution in [3.05, 3.63) is 60.7 Å². The first-order valence-corrected chi connectivity index (χ1v) is 7.30. The van der Waals surface area contributed by atoms with Gasteiger partial charge in [0.05, 0.1) is 5.69 Å². The Morgan fingerprint density at radius 1 is 1.04 bits per heavy atom. The number of hydrogen-bond acceptors (Lipinski definition) is 5. The van der Waals surface area contributed by atoms with Gasteiger partial charge in [0.1, 0.15) is 11.6 Å². The van der Waals surface area contributed by atoms with Crippen LogP contribution in [0.3, 0.4) is 0 Å². The van der Waals surface area contributed by atoms with Crippen molar-refractivity contribution >= 4 is 17.5 Å². The lowest BCUT2D eigenvalue weighted by atomic mass is 10.2. The zero-order valence-electron chi connectivity index (χ0n) is 12.6. The van der Waals surface area contributed by atoms with Crippen LogP contribution in [0, 0.1) is 5.82 Å². The maximum atomic E-state index is 13.3. The van der Waals surface area contributed by atoms with Crippen molar-refractivity contribution in [3.8, 4) is 11.3 Å². The third-order valence-corrected chi connectivity index (χ3v) is 3.13. The number of hydrogen-bond donors (Lipinski definition) is 2. The lowest BCUT2D eigenvalue weighted by Gasteiger charge is -2.10. The first kappa shape index (κ1) is 14.9. The highest BCUT2D eigenvalue weighted by atomic mass is 19.1. The molecule has 0 bridgehead atoms. The third-order valence-electron chi connectivity index (χ3n) is 3.13. The van der Waals surface area contributed by atoms with Crippen molar-refractivity contribution in [2.75, 3.05) is 17.2 Å². The fraction of sp³-hybridized carbons (Fsp3) is 0.118. The molecule has 0 amide bonds. The molecular formula is C17H16FN5. The maximum Gasteiger partial charge on any atom is 0.225 e. The van der Waals surface area contributed by atoms with Gasteiger partial charge in [-0.05, 0) is 37.3 Å². The summed E-state index contributed by atoms with van der Waals surface area (Å²) in [6, 6.07) is 11.8. The summed E-state index contributed by atoms with van der Waals surface area (Å²) in [7, 11) is 0. The van der Waals surface area contributed by atoms with Crippen LogP contribution in [0.25, 0.3) is 11.3 Å². The predicted octanol–water partition coefficient (Wildman–Crippen LogP) is 3.85. The van der Waals surface area contributed by atoms with Gasteiger partial charge in [-0.25, -0.2) is 9.37 Å². The smallest absolute Gasteiger partial charge is 0.225 e. The molecule has 116 valence electrons. The van der Waals surface area contributed by atoms with Gasteiger partial charge in [0, 0.05) is 36.3 Å². The molecule has 0 spiro atoms. The van der Waals surface area contributed by atoms with E-state index >= 15 is 0 Å². The molecule has 0 radical (unpaired) electrons. The molecule has 0 saturated heterocycles. The van der Waals surface area contributed by atoms with Gasteiger partial charge in [-0.1, -0.05) is 6.07 Å². The topological polar surface area (TPSA) is 62.7 Å². The predicted molar refractivity (Wildman–Crippen MR) is 89.1 cm³/mol. The number of nitrogens with zero attached hydrogens (tertiary/aromatic N) is 3. The second-order valence-electron chi connectivity index (χ2n) is 4.86. The minimum atomic E-state index is -0.301. The second kappa shape index (κ2) is 6.83. The molecule has 0 aliphatic heterocycles. The minimum Gasteiger partial charge on any atom is -0.354 e. The van der Waals surface area contributed by atoms with Gasteiger partial charge in [0.25, 0.3) is 0 Å². The quantitative estimate of drug-likeness (QED) is 0.749. The Hall–Kier alpha value is -3.02. The number of rotatable bonds is 5. The van der Waals surface area contributed by atoms with Crippen molar-refractivity contribution in [1.29, 1.82) is 0 Å². The average molecular weight is 309 g/mol. The molecule has 3 rings (SSSR count). The molecule has 6 heteroatoms. The van der Waals surface area contributed by atoms with Crippen molar-refractivity contribution < 1.29 is 4.39 Å². The monoisotopic (exact) mass is 309 g/mol. The summed E-state index contributed by atoms with van der Waals surface area (Å²) in [5.74, 6) is 0.805. The van der Waals surface area contributed by atoms with Crippen LogP contribution >= 0.6 is 0 Å². The number of aromatic nitrogens is 3. The summed E-state index contributed by atoms with van der Waals surface area (Å²) in [6.45, 7) is 2.68. The number of pyridine rings is 1. The van der Waals surface area contributed by atoms with Gasteiger partial charge in [0.2, 0.25) is 5.95 Å². The van der Waals surface area contributed by atoms with E-state index in [0.29, 0.717) is 24.0 Å². The summed E-state index contributed by atoms with van der Waals surface area (Å²) in [5, 5.41) is 6.21. The van der Waals surface area contributed by atoms with E-state index in [1.165, 1.54) is 12.1 Å². The molecule has 0 fully saturated rings. The number of halogens is 1. The average Bonchev–Trinajstić information content (AvgIpc) is 2.56. The van der Waals surface area contributed by atoms with Crippen LogP contribution in [0.5, 0.6) is 0 Å². The first-order chi connectivity index (χ1) is 11.2. The SMILES string of the molecule is CCNc1nc(Nc2cccc(F)c2)cc(-c2ccncc2)n1. The summed E-state index contributed by atoms with van der Waals surface area (Å²) in [5.41, 5.74) is 2.33. The molecule has 0 aliphatic rings. The highest BCUT2D eigenvalue weighted by Gasteiger charge is 2.07. The van der Waals surface area contributed by atoms with Crippen LogP contribution in [-0.2, 0) is 0 Å². The molecule has 2 N–H and O–H groups in total. The Morgan fingerprint density at radius 3 is 2.61 bits per heavy atom. The van der Waals surface area contributed by atoms with Gasteiger partial charge >= 0.3 is 0 Å². The van der Waals surface area contributed by atoms with Crippen molar-refractivity contribution in [1.82, 2.24) is 15.0 Å². The first-order valence-electron chi connectivity index (χ1n) is 7.30. The summed E-state index contributed by atoms with van der Waals surface area (Å²) in [6.07, 6.45) is 3.42. The van der Waals surface area contributed by atoms with Crippen LogP contribution in [0.2, 0.25) is 0 Å². The van der Waals surface area contributed by atoms with Crippen LogP contribution in [0.4, 0.5) is 21.8 Å². The molecule has 0 saturated carbocycles. The third kappa shape index (κ3) is 3.79. The molecule has 2 heterocycles. The molecule has 23 heavy (non-hydrogen) atoms. The van der Waals surface area contributed by atoms with Crippen molar-refractivity contribution in [3.63, 3.8) is 0 Å².